The van der Waals surface area contributed by atoms with Gasteiger partial charge in [-0.05, 0) is 25.7 Å². The Kier molecular flexibility index (Phi) is 5.75. The van der Waals surface area contributed by atoms with Gasteiger partial charge in [-0.3, -0.25) is 0 Å². The van der Waals surface area contributed by atoms with E-state index < -0.39 is 0 Å². The Morgan fingerprint density at radius 2 is 2.21 bits per heavy atom. The number of carbonyl (C=O) groups excluding carboxylic acids is 1. The van der Waals surface area contributed by atoms with Crippen LogP contribution in [0.3, 0.4) is 0 Å². The maximum Gasteiger partial charge on any atom is 0.315 e. The minimum absolute atomic E-state index is 0.0973. The highest BCUT2D eigenvalue weighted by Gasteiger charge is 2.21. The van der Waals surface area contributed by atoms with Gasteiger partial charge in [0, 0.05) is 18.1 Å². The fourth-order valence-electron chi connectivity index (χ4n) is 1.95. The van der Waals surface area contributed by atoms with Crippen molar-refractivity contribution in [3.63, 3.8) is 0 Å². The van der Waals surface area contributed by atoms with E-state index >= 15 is 0 Å². The third-order valence-electron chi connectivity index (χ3n) is 2.74. The Hall–Kier alpha value is -1.14. The molecule has 0 spiro atoms. The van der Waals surface area contributed by atoms with Crippen molar-refractivity contribution in [2.24, 2.45) is 5.41 Å². The first-order valence-corrected chi connectivity index (χ1v) is 7.30. The summed E-state index contributed by atoms with van der Waals surface area (Å²) in [5, 5.41) is 17.8. The molecule has 0 fully saturated rings. The van der Waals surface area contributed by atoms with E-state index in [-0.39, 0.29) is 23.6 Å². The molecule has 1 rings (SSSR count). The molecule has 0 saturated carbocycles. The number of hydrogen-bond acceptors (Lipinski definition) is 4. The maximum atomic E-state index is 11.8. The van der Waals surface area contributed by atoms with Crippen LogP contribution in [0.2, 0.25) is 0 Å². The van der Waals surface area contributed by atoms with Crippen LogP contribution in [-0.4, -0.2) is 28.8 Å². The van der Waals surface area contributed by atoms with Crippen LogP contribution < -0.4 is 10.6 Å². The Bertz CT molecular complexity index is 391. The molecule has 0 aromatic carbocycles. The molecule has 5 nitrogen and oxygen atoms in total. The highest BCUT2D eigenvalue weighted by atomic mass is 32.1. The third kappa shape index (κ3) is 6.02. The van der Waals surface area contributed by atoms with Crippen LogP contribution in [0.15, 0.2) is 11.6 Å². The van der Waals surface area contributed by atoms with Crippen molar-refractivity contribution in [1.82, 2.24) is 15.6 Å². The zero-order valence-corrected chi connectivity index (χ0v) is 12.8. The molecule has 2 amide bonds. The van der Waals surface area contributed by atoms with Crippen LogP contribution in [0.4, 0.5) is 4.79 Å². The molecule has 0 bridgehead atoms. The number of aliphatic hydroxyl groups is 1. The second kappa shape index (κ2) is 6.86. The summed E-state index contributed by atoms with van der Waals surface area (Å²) in [6.07, 6.45) is 2.01. The van der Waals surface area contributed by atoms with Gasteiger partial charge in [0.15, 0.2) is 0 Å². The van der Waals surface area contributed by atoms with Crippen molar-refractivity contribution < 1.29 is 9.90 Å². The predicted molar refractivity (Wildman–Crippen MR) is 77.1 cm³/mol. The van der Waals surface area contributed by atoms with E-state index in [1.807, 2.05) is 26.2 Å². The lowest BCUT2D eigenvalue weighted by molar-refractivity contribution is 0.128. The van der Waals surface area contributed by atoms with Crippen molar-refractivity contribution in [2.75, 3.05) is 6.54 Å². The van der Waals surface area contributed by atoms with Crippen molar-refractivity contribution in [3.05, 3.63) is 16.6 Å². The lowest BCUT2D eigenvalue weighted by atomic mass is 9.87. The van der Waals surface area contributed by atoms with Gasteiger partial charge in [0.25, 0.3) is 0 Å². The molecule has 1 aromatic rings. The molecular weight excluding hydrogens is 262 g/mol. The van der Waals surface area contributed by atoms with Crippen LogP contribution in [0.1, 0.15) is 45.2 Å². The molecule has 0 aliphatic rings. The summed E-state index contributed by atoms with van der Waals surface area (Å²) in [7, 11) is 0. The number of amides is 2. The molecule has 0 unspecified atom stereocenters. The molecule has 6 heteroatoms. The molecular formula is C13H23N3O2S. The first-order chi connectivity index (χ1) is 8.80. The van der Waals surface area contributed by atoms with Crippen molar-refractivity contribution >= 4 is 17.4 Å². The van der Waals surface area contributed by atoms with Gasteiger partial charge in [0.05, 0.1) is 12.1 Å². The molecule has 0 radical (unpaired) electrons. The maximum absolute atomic E-state index is 11.8. The number of rotatable bonds is 6. The lowest BCUT2D eigenvalue weighted by Crippen LogP contribution is -2.42. The standard InChI is InChI=1S/C13H23N3O2S/c1-9(17)7-13(3,4)8-15-12(18)16-10(2)11-14-5-6-19-11/h5-6,9-10,17H,7-8H2,1-4H3,(H2,15,16,18)/t9-,10+/m1/s1. The molecule has 0 aliphatic carbocycles. The van der Waals surface area contributed by atoms with Crippen molar-refractivity contribution in [1.29, 1.82) is 0 Å². The number of nitrogens with zero attached hydrogens (tertiary/aromatic N) is 1. The second-order valence-corrected chi connectivity index (χ2v) is 6.56. The topological polar surface area (TPSA) is 74.2 Å². The highest BCUT2D eigenvalue weighted by molar-refractivity contribution is 7.09. The molecule has 108 valence electrons. The Morgan fingerprint density at radius 3 is 2.74 bits per heavy atom. The van der Waals surface area contributed by atoms with Gasteiger partial charge in [-0.2, -0.15) is 0 Å². The zero-order valence-electron chi connectivity index (χ0n) is 11.9. The fraction of sp³-hybridized carbons (Fsp3) is 0.692. The zero-order chi connectivity index (χ0) is 14.5. The van der Waals surface area contributed by atoms with Crippen LogP contribution in [0, 0.1) is 5.41 Å². The molecule has 3 N–H and O–H groups in total. The van der Waals surface area contributed by atoms with Gasteiger partial charge >= 0.3 is 6.03 Å². The normalized spacial score (nSPS) is 14.8. The van der Waals surface area contributed by atoms with E-state index in [1.165, 1.54) is 11.3 Å². The van der Waals surface area contributed by atoms with Gasteiger partial charge in [0.2, 0.25) is 0 Å². The summed E-state index contributed by atoms with van der Waals surface area (Å²) in [4.78, 5) is 15.9. The number of hydrogen-bond donors (Lipinski definition) is 3. The van der Waals surface area contributed by atoms with E-state index in [0.717, 1.165) is 5.01 Å². The van der Waals surface area contributed by atoms with Gasteiger partial charge < -0.3 is 15.7 Å². The number of carbonyl (C=O) groups is 1. The Morgan fingerprint density at radius 1 is 1.53 bits per heavy atom. The number of urea groups is 1. The molecule has 1 heterocycles. The first kappa shape index (κ1) is 15.9. The van der Waals surface area contributed by atoms with Crippen LogP contribution in [0.25, 0.3) is 0 Å². The summed E-state index contributed by atoms with van der Waals surface area (Å²) < 4.78 is 0. The molecule has 0 aliphatic heterocycles. The van der Waals surface area contributed by atoms with Gasteiger partial charge in [-0.15, -0.1) is 11.3 Å². The van der Waals surface area contributed by atoms with E-state index in [0.29, 0.717) is 13.0 Å². The number of aliphatic hydroxyl groups excluding tert-OH is 1. The van der Waals surface area contributed by atoms with Crippen LogP contribution in [0.5, 0.6) is 0 Å². The number of nitrogens with one attached hydrogen (secondary N) is 2. The monoisotopic (exact) mass is 285 g/mol. The number of aromatic nitrogens is 1. The summed E-state index contributed by atoms with van der Waals surface area (Å²) >= 11 is 1.52. The van der Waals surface area contributed by atoms with Crippen molar-refractivity contribution in [3.8, 4) is 0 Å². The van der Waals surface area contributed by atoms with E-state index in [9.17, 15) is 9.90 Å². The lowest BCUT2D eigenvalue weighted by Gasteiger charge is -2.26. The molecule has 2 atom stereocenters. The summed E-state index contributed by atoms with van der Waals surface area (Å²) in [6.45, 7) is 8.22. The molecule has 1 aromatic heterocycles. The smallest absolute Gasteiger partial charge is 0.315 e. The van der Waals surface area contributed by atoms with Gasteiger partial charge in [-0.25, -0.2) is 9.78 Å². The summed E-state index contributed by atoms with van der Waals surface area (Å²) in [6, 6.07) is -0.304. The second-order valence-electron chi connectivity index (χ2n) is 5.64. The predicted octanol–water partition coefficient (Wildman–Crippen LogP) is 2.30. The Labute approximate surface area is 118 Å². The van der Waals surface area contributed by atoms with E-state index in [1.54, 1.807) is 13.1 Å². The fourth-order valence-corrected chi connectivity index (χ4v) is 2.60. The number of thiazole rings is 1. The SMILES string of the molecule is C[C@H](NC(=O)NCC(C)(C)C[C@@H](C)O)c1nccs1. The summed E-state index contributed by atoms with van der Waals surface area (Å²) in [5.41, 5.74) is -0.129. The minimum atomic E-state index is -0.367. The quantitative estimate of drug-likeness (QED) is 0.751. The van der Waals surface area contributed by atoms with Crippen LogP contribution in [-0.2, 0) is 0 Å². The third-order valence-corrected chi connectivity index (χ3v) is 3.70. The summed E-state index contributed by atoms with van der Waals surface area (Å²) in [5.74, 6) is 0. The molecule has 0 saturated heterocycles. The van der Waals surface area contributed by atoms with Crippen molar-refractivity contribution in [2.45, 2.75) is 46.3 Å². The van der Waals surface area contributed by atoms with E-state index in [4.69, 9.17) is 0 Å². The van der Waals surface area contributed by atoms with Crippen LogP contribution >= 0.6 is 11.3 Å². The minimum Gasteiger partial charge on any atom is -0.393 e. The van der Waals surface area contributed by atoms with E-state index in [2.05, 4.69) is 15.6 Å². The first-order valence-electron chi connectivity index (χ1n) is 6.42. The van der Waals surface area contributed by atoms with Gasteiger partial charge in [0.1, 0.15) is 5.01 Å². The average Bonchev–Trinajstić information content (AvgIpc) is 2.78. The largest absolute Gasteiger partial charge is 0.393 e. The van der Waals surface area contributed by atoms with Gasteiger partial charge in [-0.1, -0.05) is 13.8 Å². The highest BCUT2D eigenvalue weighted by Crippen LogP contribution is 2.21. The molecule has 19 heavy (non-hydrogen) atoms. The Balaban J connectivity index is 2.35. The average molecular weight is 285 g/mol.